The molecule has 1 amide bonds. The second-order valence-corrected chi connectivity index (χ2v) is 10.3. The molecule has 4 aromatic carbocycles. The number of carbonyl (C=O) groups is 1. The molecule has 0 aliphatic rings. The van der Waals surface area contributed by atoms with E-state index in [1.807, 2.05) is 38.1 Å². The first kappa shape index (κ1) is 26.4. The van der Waals surface area contributed by atoms with Gasteiger partial charge in [-0.1, -0.05) is 83.9 Å². The summed E-state index contributed by atoms with van der Waals surface area (Å²) in [5.41, 5.74) is 10.0. The van der Waals surface area contributed by atoms with Gasteiger partial charge in [-0.3, -0.25) is 4.79 Å². The zero-order valence-corrected chi connectivity index (χ0v) is 21.9. The molecule has 0 aromatic heterocycles. The van der Waals surface area contributed by atoms with Crippen LogP contribution in [0.4, 0.5) is 11.4 Å². The van der Waals surface area contributed by atoms with Gasteiger partial charge < -0.3 is 16.4 Å². The number of anilines is 2. The Morgan fingerprint density at radius 1 is 0.684 bits per heavy atom. The van der Waals surface area contributed by atoms with E-state index < -0.39 is 15.9 Å². The van der Waals surface area contributed by atoms with Gasteiger partial charge in [0.15, 0.2) is 5.84 Å². The van der Waals surface area contributed by atoms with Crippen LogP contribution in [0.5, 0.6) is 0 Å². The Morgan fingerprint density at radius 3 is 1.76 bits per heavy atom. The van der Waals surface area contributed by atoms with Gasteiger partial charge in [-0.25, -0.2) is 0 Å². The van der Waals surface area contributed by atoms with Gasteiger partial charge in [0.25, 0.3) is 15.9 Å². The van der Waals surface area contributed by atoms with E-state index in [1.54, 1.807) is 72.8 Å². The minimum absolute atomic E-state index is 0.00737. The molecule has 0 saturated carbocycles. The Bertz CT molecular complexity index is 1580. The second kappa shape index (κ2) is 11.6. The minimum Gasteiger partial charge on any atom is -0.397 e. The highest BCUT2D eigenvalue weighted by atomic mass is 32.2. The van der Waals surface area contributed by atoms with Crippen molar-refractivity contribution >= 4 is 38.8 Å². The number of amidine groups is 1. The van der Waals surface area contributed by atoms with E-state index in [2.05, 4.69) is 15.0 Å². The summed E-state index contributed by atoms with van der Waals surface area (Å²) >= 11 is 0. The lowest BCUT2D eigenvalue weighted by Gasteiger charge is -2.17. The summed E-state index contributed by atoms with van der Waals surface area (Å²) in [6, 6.07) is 31.3. The summed E-state index contributed by atoms with van der Waals surface area (Å²) < 4.78 is 30.9. The van der Waals surface area contributed by atoms with Crippen LogP contribution in [0, 0.1) is 13.8 Å². The molecule has 192 valence electrons. The molecule has 0 saturated heterocycles. The van der Waals surface area contributed by atoms with Crippen molar-refractivity contribution in [1.29, 1.82) is 0 Å². The van der Waals surface area contributed by atoms with Crippen molar-refractivity contribution in [3.05, 3.63) is 131 Å². The van der Waals surface area contributed by atoms with Crippen molar-refractivity contribution in [3.8, 4) is 0 Å². The van der Waals surface area contributed by atoms with Crippen molar-refractivity contribution in [2.45, 2.75) is 18.7 Å². The maximum atomic E-state index is 13.7. The number of para-hydroxylation sites is 1. The molecule has 0 radical (unpaired) electrons. The summed E-state index contributed by atoms with van der Waals surface area (Å²) in [5.74, 6) is -0.820. The van der Waals surface area contributed by atoms with Gasteiger partial charge in [0.1, 0.15) is 5.57 Å². The average molecular weight is 525 g/mol. The fourth-order valence-electron chi connectivity index (χ4n) is 3.62. The van der Waals surface area contributed by atoms with Crippen LogP contribution in [-0.4, -0.2) is 20.2 Å². The minimum atomic E-state index is -4.21. The van der Waals surface area contributed by atoms with E-state index >= 15 is 0 Å². The second-order valence-electron chi connectivity index (χ2n) is 8.69. The number of hydrogen-bond donors (Lipinski definition) is 3. The monoisotopic (exact) mass is 524 g/mol. The number of carbonyl (C=O) groups excluding carboxylic acids is 1. The van der Waals surface area contributed by atoms with E-state index in [0.717, 1.165) is 11.1 Å². The van der Waals surface area contributed by atoms with E-state index in [4.69, 9.17) is 5.73 Å². The zero-order valence-electron chi connectivity index (χ0n) is 21.0. The Morgan fingerprint density at radius 2 is 1.18 bits per heavy atom. The first-order valence-electron chi connectivity index (χ1n) is 11.9. The Labute approximate surface area is 222 Å². The van der Waals surface area contributed by atoms with Crippen LogP contribution in [-0.2, 0) is 14.8 Å². The van der Waals surface area contributed by atoms with Crippen molar-refractivity contribution in [3.63, 3.8) is 0 Å². The highest BCUT2D eigenvalue weighted by molar-refractivity contribution is 7.90. The summed E-state index contributed by atoms with van der Waals surface area (Å²) in [6.07, 6.45) is 0. The molecule has 0 aliphatic heterocycles. The van der Waals surface area contributed by atoms with Gasteiger partial charge in [-0.15, -0.1) is 4.40 Å². The number of aryl methyl sites for hydroxylation is 2. The van der Waals surface area contributed by atoms with Crippen LogP contribution >= 0.6 is 0 Å². The molecule has 7 nitrogen and oxygen atoms in total. The molecule has 0 atom stereocenters. The number of nitrogens with zero attached hydrogens (tertiary/aromatic N) is 1. The molecule has 0 fully saturated rings. The molecule has 4 N–H and O–H groups in total. The van der Waals surface area contributed by atoms with Crippen LogP contribution in [0.3, 0.4) is 0 Å². The number of nitrogens with two attached hydrogens (primary N) is 1. The van der Waals surface area contributed by atoms with Gasteiger partial charge >= 0.3 is 0 Å². The molecule has 0 heterocycles. The van der Waals surface area contributed by atoms with Crippen LogP contribution in [0.25, 0.3) is 5.70 Å². The number of sulfonamides is 1. The lowest BCUT2D eigenvalue weighted by Crippen LogP contribution is -2.29. The van der Waals surface area contributed by atoms with Crippen LogP contribution in [0.2, 0.25) is 0 Å². The van der Waals surface area contributed by atoms with Crippen LogP contribution in [0.15, 0.2) is 124 Å². The van der Waals surface area contributed by atoms with Gasteiger partial charge in [0.2, 0.25) is 0 Å². The molecule has 0 bridgehead atoms. The average Bonchev–Trinajstić information content (AvgIpc) is 2.91. The first-order valence-corrected chi connectivity index (χ1v) is 13.3. The van der Waals surface area contributed by atoms with Crippen LogP contribution < -0.4 is 16.4 Å². The number of benzene rings is 4. The summed E-state index contributed by atoms with van der Waals surface area (Å²) in [4.78, 5) is 13.7. The Balaban J connectivity index is 1.90. The molecule has 0 spiro atoms. The quantitative estimate of drug-likeness (QED) is 0.168. The number of rotatable bonds is 7. The fourth-order valence-corrected chi connectivity index (χ4v) is 4.58. The maximum Gasteiger partial charge on any atom is 0.284 e. The molecule has 4 aromatic rings. The lowest BCUT2D eigenvalue weighted by atomic mass is 10.0. The molecular weight excluding hydrogens is 496 g/mol. The highest BCUT2D eigenvalue weighted by Crippen LogP contribution is 2.22. The molecular formula is C30H28N4O3S. The molecule has 0 aliphatic carbocycles. The Kier molecular flexibility index (Phi) is 8.03. The third kappa shape index (κ3) is 6.54. The molecule has 4 rings (SSSR count). The van der Waals surface area contributed by atoms with E-state index in [1.165, 1.54) is 12.1 Å². The Hall–Kier alpha value is -4.69. The molecule has 0 unspecified atom stereocenters. The van der Waals surface area contributed by atoms with E-state index in [0.29, 0.717) is 16.9 Å². The lowest BCUT2D eigenvalue weighted by molar-refractivity contribution is -0.112. The standard InChI is InChI=1S/C30H28N4O3S/c1-21-13-17-25(18-14-21)33-30(35)27(28(31)23-9-5-3-6-10-23)29(32-24-11-7-4-8-12-24)34-38(36,37)26-19-15-22(2)16-20-26/h3-20H,31H2,1-2H3,(H,32,34)(H,33,35)/b28-27-. The largest absolute Gasteiger partial charge is 0.397 e. The number of nitrogens with one attached hydrogen (secondary N) is 2. The fraction of sp³-hybridized carbons (Fsp3) is 0.0667. The number of hydrogen-bond acceptors (Lipinski definition) is 4. The van der Waals surface area contributed by atoms with Crippen molar-refractivity contribution < 1.29 is 13.2 Å². The topological polar surface area (TPSA) is 114 Å². The van der Waals surface area contributed by atoms with E-state index in [9.17, 15) is 13.2 Å². The van der Waals surface area contributed by atoms with Crippen molar-refractivity contribution in [1.82, 2.24) is 0 Å². The highest BCUT2D eigenvalue weighted by Gasteiger charge is 2.25. The molecule has 8 heteroatoms. The predicted molar refractivity (Wildman–Crippen MR) is 153 cm³/mol. The SMILES string of the molecule is Cc1ccc(NC(=O)C(/C(=N/S(=O)(=O)c2ccc(C)cc2)Nc2ccccc2)=C(\N)c2ccccc2)cc1. The predicted octanol–water partition coefficient (Wildman–Crippen LogP) is 5.51. The third-order valence-corrected chi connectivity index (χ3v) is 6.99. The zero-order chi connectivity index (χ0) is 27.1. The summed E-state index contributed by atoms with van der Waals surface area (Å²) in [7, 11) is -4.21. The van der Waals surface area contributed by atoms with Crippen molar-refractivity contribution in [2.24, 2.45) is 10.1 Å². The summed E-state index contributed by atoms with van der Waals surface area (Å²) in [6.45, 7) is 3.80. The first-order chi connectivity index (χ1) is 18.2. The van der Waals surface area contributed by atoms with Gasteiger partial charge in [-0.2, -0.15) is 8.42 Å². The van der Waals surface area contributed by atoms with Gasteiger partial charge in [-0.05, 0) is 55.8 Å². The summed E-state index contributed by atoms with van der Waals surface area (Å²) in [5, 5.41) is 5.84. The van der Waals surface area contributed by atoms with Gasteiger partial charge in [0.05, 0.1) is 10.6 Å². The van der Waals surface area contributed by atoms with E-state index in [-0.39, 0.29) is 22.0 Å². The number of amides is 1. The van der Waals surface area contributed by atoms with Crippen molar-refractivity contribution in [2.75, 3.05) is 10.6 Å². The third-order valence-electron chi connectivity index (χ3n) is 5.69. The van der Waals surface area contributed by atoms with Gasteiger partial charge in [0, 0.05) is 11.4 Å². The van der Waals surface area contributed by atoms with Crippen LogP contribution in [0.1, 0.15) is 16.7 Å². The smallest absolute Gasteiger partial charge is 0.284 e. The maximum absolute atomic E-state index is 13.7. The normalized spacial score (nSPS) is 12.4. The molecule has 38 heavy (non-hydrogen) atoms.